The van der Waals surface area contributed by atoms with Gasteiger partial charge in [0.1, 0.15) is 0 Å². The predicted molar refractivity (Wildman–Crippen MR) is 48.7 cm³/mol. The van der Waals surface area contributed by atoms with Crippen LogP contribution in [0.3, 0.4) is 0 Å². The standard InChI is InChI=1S/C6H9NO6.Na.H2O/c8-4(9)1-7(2-5(10)11)3-6(12)13;;/h1-3H2,(H,8,9)(H,10,11)(H,12,13);;1H2. The van der Waals surface area contributed by atoms with Gasteiger partial charge in [-0.05, 0) is 0 Å². The van der Waals surface area contributed by atoms with Gasteiger partial charge in [0.2, 0.25) is 0 Å². The zero-order valence-electron chi connectivity index (χ0n) is 8.13. The van der Waals surface area contributed by atoms with E-state index in [1.807, 2.05) is 0 Å². The van der Waals surface area contributed by atoms with Crippen LogP contribution in [0, 0.1) is 0 Å². The Kier molecular flexibility index (Phi) is 13.1. The summed E-state index contributed by atoms with van der Waals surface area (Å²) in [7, 11) is 0. The van der Waals surface area contributed by atoms with Crippen LogP contribution in [0.1, 0.15) is 0 Å². The monoisotopic (exact) mass is 232 g/mol. The second-order valence-electron chi connectivity index (χ2n) is 2.33. The summed E-state index contributed by atoms with van der Waals surface area (Å²) < 4.78 is 0. The molecule has 9 heteroatoms. The van der Waals surface area contributed by atoms with Gasteiger partial charge >= 0.3 is 17.9 Å². The van der Waals surface area contributed by atoms with E-state index in [1.165, 1.54) is 0 Å². The maximum Gasteiger partial charge on any atom is 0.317 e. The molecule has 0 spiro atoms. The SMILES string of the molecule is O.O=C(O)CN(CC(=O)O)CC(=O)O.[Na]. The minimum absolute atomic E-state index is 0. The summed E-state index contributed by atoms with van der Waals surface area (Å²) in [5.41, 5.74) is 0. The van der Waals surface area contributed by atoms with Crippen LogP contribution < -0.4 is 0 Å². The molecule has 1 radical (unpaired) electrons. The molecular weight excluding hydrogens is 221 g/mol. The van der Waals surface area contributed by atoms with Crippen LogP contribution in [0.2, 0.25) is 0 Å². The molecule has 0 aliphatic carbocycles. The molecule has 0 aliphatic heterocycles. The summed E-state index contributed by atoms with van der Waals surface area (Å²) in [6.45, 7) is -1.80. The first-order valence-corrected chi connectivity index (χ1v) is 3.29. The normalized spacial score (nSPS) is 8.60. The van der Waals surface area contributed by atoms with Crippen LogP contribution in [0.25, 0.3) is 0 Å². The molecule has 0 amide bonds. The van der Waals surface area contributed by atoms with Crippen molar-refractivity contribution in [1.82, 2.24) is 4.90 Å². The van der Waals surface area contributed by atoms with E-state index in [2.05, 4.69) is 0 Å². The van der Waals surface area contributed by atoms with E-state index < -0.39 is 37.5 Å². The molecule has 0 aromatic heterocycles. The van der Waals surface area contributed by atoms with E-state index in [1.54, 1.807) is 0 Å². The first-order chi connectivity index (χ1) is 5.91. The molecule has 0 unspecified atom stereocenters. The van der Waals surface area contributed by atoms with Crippen LogP contribution in [0.5, 0.6) is 0 Å². The van der Waals surface area contributed by atoms with Gasteiger partial charge in [0.05, 0.1) is 19.6 Å². The van der Waals surface area contributed by atoms with Crippen LogP contribution in [0.15, 0.2) is 0 Å². The van der Waals surface area contributed by atoms with Crippen molar-refractivity contribution >= 4 is 47.5 Å². The van der Waals surface area contributed by atoms with Gasteiger partial charge in [0.15, 0.2) is 0 Å². The molecule has 0 heterocycles. The second-order valence-corrected chi connectivity index (χ2v) is 2.33. The number of carboxylic acids is 3. The number of hydrogen-bond acceptors (Lipinski definition) is 4. The fraction of sp³-hybridized carbons (Fsp3) is 0.500. The molecule has 0 aromatic rings. The Morgan fingerprint density at radius 3 is 1.13 bits per heavy atom. The Morgan fingerprint density at radius 2 is 1.00 bits per heavy atom. The van der Waals surface area contributed by atoms with Gasteiger partial charge < -0.3 is 20.8 Å². The number of hydrogen-bond donors (Lipinski definition) is 3. The topological polar surface area (TPSA) is 147 Å². The number of rotatable bonds is 6. The number of carbonyl (C=O) groups is 3. The Balaban J connectivity index is -0.000000720. The molecule has 0 aromatic carbocycles. The van der Waals surface area contributed by atoms with Crippen molar-refractivity contribution in [2.75, 3.05) is 19.6 Å². The molecule has 0 saturated carbocycles. The molecule has 0 fully saturated rings. The first-order valence-electron chi connectivity index (χ1n) is 3.29. The largest absolute Gasteiger partial charge is 0.480 e. The molecular formula is C6H11NNaO7. The van der Waals surface area contributed by atoms with E-state index in [0.717, 1.165) is 4.90 Å². The Morgan fingerprint density at radius 1 is 0.800 bits per heavy atom. The predicted octanol–water partition coefficient (Wildman–Crippen LogP) is -2.66. The number of aliphatic carboxylic acids is 3. The van der Waals surface area contributed by atoms with E-state index >= 15 is 0 Å². The Hall–Kier alpha value is -0.670. The summed E-state index contributed by atoms with van der Waals surface area (Å²) >= 11 is 0. The van der Waals surface area contributed by atoms with Crippen molar-refractivity contribution in [1.29, 1.82) is 0 Å². The van der Waals surface area contributed by atoms with Crippen molar-refractivity contribution in [2.24, 2.45) is 0 Å². The zero-order chi connectivity index (χ0) is 10.4. The number of nitrogens with zero attached hydrogens (tertiary/aromatic N) is 1. The van der Waals surface area contributed by atoms with Gasteiger partial charge in [0.25, 0.3) is 0 Å². The molecule has 8 nitrogen and oxygen atoms in total. The van der Waals surface area contributed by atoms with Gasteiger partial charge in [-0.1, -0.05) is 0 Å². The Bertz CT molecular complexity index is 193. The minimum Gasteiger partial charge on any atom is -0.480 e. The van der Waals surface area contributed by atoms with E-state index in [0.29, 0.717) is 0 Å². The molecule has 0 saturated heterocycles. The molecule has 83 valence electrons. The van der Waals surface area contributed by atoms with Crippen LogP contribution >= 0.6 is 0 Å². The van der Waals surface area contributed by atoms with Gasteiger partial charge in [-0.25, -0.2) is 0 Å². The molecule has 0 aliphatic rings. The molecule has 0 atom stereocenters. The third-order valence-corrected chi connectivity index (χ3v) is 1.08. The van der Waals surface area contributed by atoms with Crippen molar-refractivity contribution in [3.8, 4) is 0 Å². The summed E-state index contributed by atoms with van der Waals surface area (Å²) in [5, 5.41) is 24.8. The first kappa shape index (κ1) is 19.8. The zero-order valence-corrected chi connectivity index (χ0v) is 10.1. The summed E-state index contributed by atoms with van der Waals surface area (Å²) in [6.07, 6.45) is 0. The van der Waals surface area contributed by atoms with Gasteiger partial charge in [-0.3, -0.25) is 19.3 Å². The average molecular weight is 232 g/mol. The third-order valence-electron chi connectivity index (χ3n) is 1.08. The van der Waals surface area contributed by atoms with Gasteiger partial charge in [0, 0.05) is 29.6 Å². The van der Waals surface area contributed by atoms with Crippen molar-refractivity contribution in [3.05, 3.63) is 0 Å². The smallest absolute Gasteiger partial charge is 0.317 e. The van der Waals surface area contributed by atoms with E-state index in [4.69, 9.17) is 15.3 Å². The molecule has 15 heavy (non-hydrogen) atoms. The van der Waals surface area contributed by atoms with Gasteiger partial charge in [-0.2, -0.15) is 0 Å². The molecule has 5 N–H and O–H groups in total. The van der Waals surface area contributed by atoms with Crippen LogP contribution in [-0.4, -0.2) is 92.8 Å². The quantitative estimate of drug-likeness (QED) is 0.423. The molecule has 0 bridgehead atoms. The summed E-state index contributed by atoms with van der Waals surface area (Å²) in [6, 6.07) is 0. The maximum absolute atomic E-state index is 10.1. The fourth-order valence-corrected chi connectivity index (χ4v) is 0.742. The van der Waals surface area contributed by atoms with Crippen molar-refractivity contribution in [2.45, 2.75) is 0 Å². The maximum atomic E-state index is 10.1. The number of carboxylic acid groups (broad SMARTS) is 3. The fourth-order valence-electron chi connectivity index (χ4n) is 0.742. The minimum atomic E-state index is -1.26. The third kappa shape index (κ3) is 13.3. The molecule has 0 rings (SSSR count). The van der Waals surface area contributed by atoms with Gasteiger partial charge in [-0.15, -0.1) is 0 Å². The van der Waals surface area contributed by atoms with Crippen molar-refractivity contribution in [3.63, 3.8) is 0 Å². The summed E-state index contributed by atoms with van der Waals surface area (Å²) in [4.78, 5) is 31.2. The Labute approximate surface area is 107 Å². The van der Waals surface area contributed by atoms with E-state index in [9.17, 15) is 14.4 Å². The van der Waals surface area contributed by atoms with Crippen LogP contribution in [0.4, 0.5) is 0 Å². The average Bonchev–Trinajstić information content (AvgIpc) is 1.80. The van der Waals surface area contributed by atoms with E-state index in [-0.39, 0.29) is 35.0 Å². The summed E-state index contributed by atoms with van der Waals surface area (Å²) in [5.74, 6) is -3.78. The second kappa shape index (κ2) is 9.87. The van der Waals surface area contributed by atoms with Crippen molar-refractivity contribution < 1.29 is 35.2 Å². The van der Waals surface area contributed by atoms with Crippen LogP contribution in [-0.2, 0) is 14.4 Å².